The predicted molar refractivity (Wildman–Crippen MR) is 54.5 cm³/mol. The first kappa shape index (κ1) is 9.38. The molecule has 0 radical (unpaired) electrons. The zero-order chi connectivity index (χ0) is 9.97. The van der Waals surface area contributed by atoms with Gasteiger partial charge in [0.1, 0.15) is 10.7 Å². The molecule has 72 valence electrons. The maximum absolute atomic E-state index is 8.71. The van der Waals surface area contributed by atoms with Gasteiger partial charge >= 0.3 is 0 Å². The number of nitrogens with one attached hydrogen (secondary N) is 1. The van der Waals surface area contributed by atoms with Gasteiger partial charge in [0.25, 0.3) is 0 Å². The van der Waals surface area contributed by atoms with E-state index in [0.717, 1.165) is 25.3 Å². The van der Waals surface area contributed by atoms with Gasteiger partial charge in [0.2, 0.25) is 0 Å². The Labute approximate surface area is 87.3 Å². The molecule has 1 aliphatic rings. The molecule has 2 rings (SSSR count). The summed E-state index contributed by atoms with van der Waals surface area (Å²) >= 11 is 5.06. The fraction of sp³-hybridized carbons (Fsp3) is 0.400. The third kappa shape index (κ3) is 1.69. The van der Waals surface area contributed by atoms with Gasteiger partial charge in [-0.25, -0.2) is 0 Å². The van der Waals surface area contributed by atoms with Crippen LogP contribution in [0, 0.1) is 16.0 Å². The van der Waals surface area contributed by atoms with Crippen LogP contribution in [0.25, 0.3) is 0 Å². The zero-order valence-electron chi connectivity index (χ0n) is 7.62. The summed E-state index contributed by atoms with van der Waals surface area (Å²) in [6.07, 6.45) is 1.02. The van der Waals surface area contributed by atoms with Crippen LogP contribution in [-0.2, 0) is 4.74 Å². The highest BCUT2D eigenvalue weighted by Gasteiger charge is 2.18. The van der Waals surface area contributed by atoms with E-state index in [4.69, 9.17) is 22.2 Å². The Morgan fingerprint density at radius 3 is 3.00 bits per heavy atom. The Bertz CT molecular complexity index is 426. The van der Waals surface area contributed by atoms with Crippen molar-refractivity contribution in [3.8, 4) is 6.07 Å². The van der Waals surface area contributed by atoms with Gasteiger partial charge in [0, 0.05) is 18.2 Å². The summed E-state index contributed by atoms with van der Waals surface area (Å²) in [5.41, 5.74) is 1.61. The molecule has 0 saturated carbocycles. The molecule has 0 spiro atoms. The fourth-order valence-electron chi connectivity index (χ4n) is 1.59. The van der Waals surface area contributed by atoms with Gasteiger partial charge in [0.05, 0.1) is 12.2 Å². The lowest BCUT2D eigenvalue weighted by atomic mass is 10.0. The molecule has 4 heteroatoms. The highest BCUT2D eigenvalue weighted by atomic mass is 32.1. The third-order valence-corrected chi connectivity index (χ3v) is 2.74. The minimum atomic E-state index is 0.407. The number of rotatable bonds is 1. The van der Waals surface area contributed by atoms with Gasteiger partial charge < -0.3 is 9.72 Å². The van der Waals surface area contributed by atoms with Crippen molar-refractivity contribution in [2.24, 2.45) is 0 Å². The van der Waals surface area contributed by atoms with E-state index in [9.17, 15) is 0 Å². The van der Waals surface area contributed by atoms with Gasteiger partial charge in [0.15, 0.2) is 0 Å². The quantitative estimate of drug-likeness (QED) is 0.716. The van der Waals surface area contributed by atoms with Crippen LogP contribution < -0.4 is 0 Å². The highest BCUT2D eigenvalue weighted by molar-refractivity contribution is 7.71. The molecular formula is C10H10N2OS. The van der Waals surface area contributed by atoms with Crippen molar-refractivity contribution in [2.75, 3.05) is 13.2 Å². The highest BCUT2D eigenvalue weighted by Crippen LogP contribution is 2.23. The molecule has 1 aromatic heterocycles. The van der Waals surface area contributed by atoms with Crippen LogP contribution in [-0.4, -0.2) is 18.2 Å². The molecular weight excluding hydrogens is 196 g/mol. The molecule has 0 amide bonds. The molecule has 1 N–H and O–H groups in total. The number of ether oxygens (including phenoxy) is 1. The maximum atomic E-state index is 8.71. The lowest BCUT2D eigenvalue weighted by Gasteiger charge is -2.07. The average molecular weight is 206 g/mol. The number of nitrogens with zero attached hydrogens (tertiary/aromatic N) is 1. The van der Waals surface area contributed by atoms with Gasteiger partial charge in [-0.1, -0.05) is 12.2 Å². The summed E-state index contributed by atoms with van der Waals surface area (Å²) in [6, 6.07) is 5.74. The van der Waals surface area contributed by atoms with E-state index >= 15 is 0 Å². The van der Waals surface area contributed by atoms with E-state index in [1.807, 2.05) is 12.1 Å². The second-order valence-electron chi connectivity index (χ2n) is 3.33. The summed E-state index contributed by atoms with van der Waals surface area (Å²) in [4.78, 5) is 3.08. The lowest BCUT2D eigenvalue weighted by Crippen LogP contribution is -2.01. The minimum absolute atomic E-state index is 0.407. The van der Waals surface area contributed by atoms with Crippen molar-refractivity contribution >= 4 is 12.2 Å². The van der Waals surface area contributed by atoms with Crippen molar-refractivity contribution in [1.82, 2.24) is 4.98 Å². The molecule has 3 nitrogen and oxygen atoms in total. The molecule has 0 aromatic carbocycles. The second kappa shape index (κ2) is 3.91. The summed E-state index contributed by atoms with van der Waals surface area (Å²) in [7, 11) is 0. The predicted octanol–water partition coefficient (Wildman–Crippen LogP) is 2.12. The molecule has 0 aliphatic carbocycles. The smallest absolute Gasteiger partial charge is 0.121 e. The molecule has 1 fully saturated rings. The standard InChI is InChI=1S/C10H10N2OS/c11-5-7-1-2-9(12-10(7)14)8-3-4-13-6-8/h1-2,8H,3-4,6H2,(H,12,14). The van der Waals surface area contributed by atoms with Crippen LogP contribution in [0.5, 0.6) is 0 Å². The van der Waals surface area contributed by atoms with E-state index in [0.29, 0.717) is 16.1 Å². The van der Waals surface area contributed by atoms with E-state index < -0.39 is 0 Å². The Morgan fingerprint density at radius 2 is 2.43 bits per heavy atom. The average Bonchev–Trinajstić information content (AvgIpc) is 2.70. The summed E-state index contributed by atoms with van der Waals surface area (Å²) < 4.78 is 5.81. The Balaban J connectivity index is 2.33. The van der Waals surface area contributed by atoms with Crippen molar-refractivity contribution in [3.05, 3.63) is 28.0 Å². The SMILES string of the molecule is N#Cc1ccc(C2CCOC2)[nH]c1=S. The topological polar surface area (TPSA) is 48.8 Å². The molecule has 14 heavy (non-hydrogen) atoms. The monoisotopic (exact) mass is 206 g/mol. The Hall–Kier alpha value is -1.18. The van der Waals surface area contributed by atoms with Crippen LogP contribution in [0.2, 0.25) is 0 Å². The normalized spacial score (nSPS) is 20.6. The summed E-state index contributed by atoms with van der Waals surface area (Å²) in [5, 5.41) is 8.71. The molecule has 1 saturated heterocycles. The van der Waals surface area contributed by atoms with Crippen LogP contribution >= 0.6 is 12.2 Å². The number of aromatic amines is 1. The van der Waals surface area contributed by atoms with Gasteiger partial charge in [-0.15, -0.1) is 0 Å². The molecule has 2 heterocycles. The zero-order valence-corrected chi connectivity index (χ0v) is 8.43. The van der Waals surface area contributed by atoms with Crippen molar-refractivity contribution in [2.45, 2.75) is 12.3 Å². The molecule has 1 unspecified atom stereocenters. The number of H-pyrrole nitrogens is 1. The van der Waals surface area contributed by atoms with E-state index in [1.165, 1.54) is 0 Å². The number of pyridine rings is 1. The summed E-state index contributed by atoms with van der Waals surface area (Å²) in [6.45, 7) is 1.56. The first-order valence-electron chi connectivity index (χ1n) is 4.52. The van der Waals surface area contributed by atoms with Crippen molar-refractivity contribution in [3.63, 3.8) is 0 Å². The maximum Gasteiger partial charge on any atom is 0.121 e. The van der Waals surface area contributed by atoms with Crippen molar-refractivity contribution in [1.29, 1.82) is 5.26 Å². The molecule has 0 bridgehead atoms. The van der Waals surface area contributed by atoms with Crippen LogP contribution in [0.4, 0.5) is 0 Å². The summed E-state index contributed by atoms with van der Waals surface area (Å²) in [5.74, 6) is 0.407. The van der Waals surface area contributed by atoms with Gasteiger partial charge in [-0.05, 0) is 18.6 Å². The third-order valence-electron chi connectivity index (χ3n) is 2.42. The van der Waals surface area contributed by atoms with Crippen molar-refractivity contribution < 1.29 is 4.74 Å². The Kier molecular flexibility index (Phi) is 2.62. The van der Waals surface area contributed by atoms with E-state index in [-0.39, 0.29) is 0 Å². The fourth-order valence-corrected chi connectivity index (χ4v) is 1.83. The van der Waals surface area contributed by atoms with Crippen LogP contribution in [0.3, 0.4) is 0 Å². The first-order valence-corrected chi connectivity index (χ1v) is 4.93. The second-order valence-corrected chi connectivity index (χ2v) is 3.74. The number of hydrogen-bond donors (Lipinski definition) is 1. The van der Waals surface area contributed by atoms with Crippen LogP contribution in [0.1, 0.15) is 23.6 Å². The van der Waals surface area contributed by atoms with Gasteiger partial charge in [-0.2, -0.15) is 5.26 Å². The number of nitriles is 1. The number of hydrogen-bond acceptors (Lipinski definition) is 3. The Morgan fingerprint density at radius 1 is 1.57 bits per heavy atom. The first-order chi connectivity index (χ1) is 6.81. The van der Waals surface area contributed by atoms with E-state index in [1.54, 1.807) is 6.07 Å². The lowest BCUT2D eigenvalue weighted by molar-refractivity contribution is 0.193. The number of aromatic nitrogens is 1. The molecule has 1 aromatic rings. The molecule has 1 aliphatic heterocycles. The molecule has 1 atom stereocenters. The largest absolute Gasteiger partial charge is 0.381 e. The minimum Gasteiger partial charge on any atom is -0.381 e. The van der Waals surface area contributed by atoms with Crippen LogP contribution in [0.15, 0.2) is 12.1 Å². The van der Waals surface area contributed by atoms with E-state index in [2.05, 4.69) is 4.98 Å². The van der Waals surface area contributed by atoms with Gasteiger partial charge in [-0.3, -0.25) is 0 Å².